The lowest BCUT2D eigenvalue weighted by atomic mass is 9.78. The number of H-pyrrole nitrogens is 1. The van der Waals surface area contributed by atoms with Crippen LogP contribution in [0, 0.1) is 11.7 Å². The number of hydrogen-bond donors (Lipinski definition) is 5. The first kappa shape index (κ1) is 37.7. The number of ether oxygens (including phenoxy) is 1. The zero-order chi connectivity index (χ0) is 36.8. The molecule has 0 spiro atoms. The maximum absolute atomic E-state index is 14.3. The Morgan fingerprint density at radius 3 is 2.47 bits per heavy atom. The van der Waals surface area contributed by atoms with Crippen molar-refractivity contribution in [1.29, 1.82) is 0 Å². The highest BCUT2D eigenvalue weighted by molar-refractivity contribution is 5.98. The molecule has 5 rings (SSSR count). The Morgan fingerprint density at radius 2 is 1.76 bits per heavy atom. The summed E-state index contributed by atoms with van der Waals surface area (Å²) < 4.78 is 61.4. The van der Waals surface area contributed by atoms with E-state index in [1.807, 2.05) is 6.92 Å². The minimum absolute atomic E-state index is 0.000789. The number of aromatic amines is 1. The first-order valence-electron chi connectivity index (χ1n) is 17.2. The second kappa shape index (κ2) is 16.2. The van der Waals surface area contributed by atoms with Crippen LogP contribution in [-0.2, 0) is 49.4 Å². The lowest BCUT2D eigenvalue weighted by Crippen LogP contribution is -2.65. The van der Waals surface area contributed by atoms with Crippen LogP contribution in [0.5, 0.6) is 0 Å². The van der Waals surface area contributed by atoms with Gasteiger partial charge < -0.3 is 31.0 Å². The van der Waals surface area contributed by atoms with Crippen molar-refractivity contribution in [3.63, 3.8) is 0 Å². The monoisotopic (exact) mass is 716 g/mol. The number of para-hydroxylation sites is 1. The molecule has 1 aliphatic carbocycles. The molecule has 2 aliphatic rings. The Bertz CT molecular complexity index is 1740. The zero-order valence-electron chi connectivity index (χ0n) is 28.7. The smallest absolute Gasteiger partial charge is 0.379 e. The number of nitrogens with one attached hydrogen (secondary N) is 5. The van der Waals surface area contributed by atoms with Crippen molar-refractivity contribution < 1.29 is 41.5 Å². The molecule has 1 unspecified atom stereocenters. The van der Waals surface area contributed by atoms with Gasteiger partial charge in [0, 0.05) is 43.7 Å². The minimum Gasteiger partial charge on any atom is -0.379 e. The number of aryl methyl sites for hydroxylation is 1. The Labute approximate surface area is 293 Å². The van der Waals surface area contributed by atoms with Crippen LogP contribution >= 0.6 is 0 Å². The highest BCUT2D eigenvalue weighted by Gasteiger charge is 2.46. The second-order valence-corrected chi connectivity index (χ2v) is 13.2. The maximum Gasteiger partial charge on any atom is 0.418 e. The van der Waals surface area contributed by atoms with Gasteiger partial charge in [-0.05, 0) is 42.0 Å². The maximum atomic E-state index is 14.3. The molecule has 1 saturated heterocycles. The van der Waals surface area contributed by atoms with Gasteiger partial charge in [-0.3, -0.25) is 24.1 Å². The Balaban J connectivity index is 1.37. The van der Waals surface area contributed by atoms with Gasteiger partial charge in [-0.2, -0.15) is 13.2 Å². The van der Waals surface area contributed by atoms with Crippen molar-refractivity contribution in [2.24, 2.45) is 5.92 Å². The molecule has 1 aliphatic heterocycles. The zero-order valence-corrected chi connectivity index (χ0v) is 28.7. The molecule has 11 nitrogen and oxygen atoms in total. The highest BCUT2D eigenvalue weighted by Crippen LogP contribution is 2.40. The van der Waals surface area contributed by atoms with E-state index in [-0.39, 0.29) is 42.1 Å². The van der Waals surface area contributed by atoms with E-state index in [0.29, 0.717) is 44.0 Å². The third kappa shape index (κ3) is 9.06. The fraction of sp³-hybridized carbons (Fsp3) is 0.500. The standard InChI is InChI=1S/C36H44F4N6O5/c1-3-22(2)31(44-29(47)19-23-7-4-5-10-27(23)37)33(49)45-35(34(50)42-21-30(48)41-13-14-46-15-17-51-18-16-46)12-11-28-25(20-35)24-8-6-9-26(32(24)43-28)36(38,39)40/h4-10,22,31,43H,3,11-21H2,1-2H3,(H,41,48)(H,42,50)(H,44,47)(H,45,49)/t22?,31-,35+/m0/s1. The van der Waals surface area contributed by atoms with Crippen LogP contribution in [0.25, 0.3) is 10.9 Å². The molecule has 1 aromatic heterocycles. The lowest BCUT2D eigenvalue weighted by Gasteiger charge is -2.38. The molecular formula is C36H44F4N6O5. The molecule has 3 aromatic rings. The summed E-state index contributed by atoms with van der Waals surface area (Å²) >= 11 is 0. The molecule has 3 atom stereocenters. The quantitative estimate of drug-likeness (QED) is 0.172. The number of alkyl halides is 3. The number of fused-ring (bicyclic) bond motifs is 3. The molecule has 276 valence electrons. The number of halogens is 4. The first-order chi connectivity index (χ1) is 24.3. The predicted molar refractivity (Wildman–Crippen MR) is 181 cm³/mol. The lowest BCUT2D eigenvalue weighted by molar-refractivity contribution is -0.137. The van der Waals surface area contributed by atoms with Crippen LogP contribution in [0.2, 0.25) is 0 Å². The number of carbonyl (C=O) groups excluding carboxylic acids is 4. The molecule has 4 amide bonds. The fourth-order valence-electron chi connectivity index (χ4n) is 6.69. The van der Waals surface area contributed by atoms with Gasteiger partial charge in [-0.15, -0.1) is 0 Å². The van der Waals surface area contributed by atoms with Gasteiger partial charge in [0.05, 0.1) is 37.3 Å². The third-order valence-electron chi connectivity index (χ3n) is 9.80. The van der Waals surface area contributed by atoms with Gasteiger partial charge in [-0.1, -0.05) is 50.6 Å². The second-order valence-electron chi connectivity index (χ2n) is 13.2. The van der Waals surface area contributed by atoms with E-state index in [0.717, 1.165) is 19.2 Å². The summed E-state index contributed by atoms with van der Waals surface area (Å²) in [6, 6.07) is 8.47. The van der Waals surface area contributed by atoms with Crippen molar-refractivity contribution in [2.75, 3.05) is 45.9 Å². The molecule has 0 bridgehead atoms. The van der Waals surface area contributed by atoms with E-state index in [4.69, 9.17) is 4.74 Å². The van der Waals surface area contributed by atoms with Crippen LogP contribution < -0.4 is 21.3 Å². The summed E-state index contributed by atoms with van der Waals surface area (Å²) in [5, 5.41) is 11.2. The molecule has 1 fully saturated rings. The van der Waals surface area contributed by atoms with Crippen LogP contribution in [0.15, 0.2) is 42.5 Å². The summed E-state index contributed by atoms with van der Waals surface area (Å²) in [5.74, 6) is -3.40. The van der Waals surface area contributed by atoms with Crippen LogP contribution in [0.3, 0.4) is 0 Å². The molecule has 2 aromatic carbocycles. The minimum atomic E-state index is -4.63. The molecular weight excluding hydrogens is 672 g/mol. The Kier molecular flexibility index (Phi) is 12.0. The van der Waals surface area contributed by atoms with Crippen molar-refractivity contribution >= 4 is 34.5 Å². The van der Waals surface area contributed by atoms with E-state index in [9.17, 15) is 36.7 Å². The number of aromatic nitrogens is 1. The average molecular weight is 717 g/mol. The largest absolute Gasteiger partial charge is 0.418 e. The van der Waals surface area contributed by atoms with Gasteiger partial charge in [0.1, 0.15) is 17.4 Å². The number of benzene rings is 2. The Morgan fingerprint density at radius 1 is 1.02 bits per heavy atom. The van der Waals surface area contributed by atoms with Crippen molar-refractivity contribution in [2.45, 2.75) is 63.7 Å². The van der Waals surface area contributed by atoms with Gasteiger partial charge in [0.25, 0.3) is 0 Å². The summed E-state index contributed by atoms with van der Waals surface area (Å²) in [6.07, 6.45) is -4.53. The molecule has 51 heavy (non-hydrogen) atoms. The summed E-state index contributed by atoms with van der Waals surface area (Å²) in [7, 11) is 0. The van der Waals surface area contributed by atoms with Crippen LogP contribution in [0.1, 0.15) is 49.1 Å². The normalized spacial score (nSPS) is 19.1. The predicted octanol–water partition coefficient (Wildman–Crippen LogP) is 3.01. The van der Waals surface area contributed by atoms with Gasteiger partial charge in [0.2, 0.25) is 23.6 Å². The molecule has 0 radical (unpaired) electrons. The van der Waals surface area contributed by atoms with Crippen LogP contribution in [0.4, 0.5) is 17.6 Å². The number of rotatable bonds is 13. The van der Waals surface area contributed by atoms with E-state index in [1.54, 1.807) is 13.0 Å². The number of amides is 4. The summed E-state index contributed by atoms with van der Waals surface area (Å²) in [4.78, 5) is 59.0. The number of carbonyl (C=O) groups is 4. The topological polar surface area (TPSA) is 145 Å². The summed E-state index contributed by atoms with van der Waals surface area (Å²) in [5.41, 5.74) is -1.54. The van der Waals surface area contributed by atoms with E-state index < -0.39 is 65.2 Å². The van der Waals surface area contributed by atoms with E-state index in [1.165, 1.54) is 30.3 Å². The number of morpholine rings is 1. The van der Waals surface area contributed by atoms with Gasteiger partial charge in [0.15, 0.2) is 0 Å². The first-order valence-corrected chi connectivity index (χ1v) is 17.2. The van der Waals surface area contributed by atoms with E-state index >= 15 is 0 Å². The average Bonchev–Trinajstić information content (AvgIpc) is 3.48. The molecule has 0 saturated carbocycles. The van der Waals surface area contributed by atoms with E-state index in [2.05, 4.69) is 31.2 Å². The van der Waals surface area contributed by atoms with Gasteiger partial charge in [-0.25, -0.2) is 4.39 Å². The molecule has 15 heteroatoms. The number of nitrogens with zero attached hydrogens (tertiary/aromatic N) is 1. The number of hydrogen-bond acceptors (Lipinski definition) is 6. The fourth-order valence-corrected chi connectivity index (χ4v) is 6.69. The summed E-state index contributed by atoms with van der Waals surface area (Å²) in [6.45, 7) is 6.84. The Hall–Kier alpha value is -4.50. The SMILES string of the molecule is CCC(C)[C@H](NC(=O)Cc1ccccc1F)C(=O)N[C@]1(C(=O)NCC(=O)NCCN2CCOCC2)CCc2[nH]c3c(C(F)(F)F)cccc3c2C1. The molecule has 5 N–H and O–H groups in total. The highest BCUT2D eigenvalue weighted by atomic mass is 19.4. The van der Waals surface area contributed by atoms with Gasteiger partial charge >= 0.3 is 6.18 Å². The third-order valence-corrected chi connectivity index (χ3v) is 9.80. The van der Waals surface area contributed by atoms with Crippen molar-refractivity contribution in [1.82, 2.24) is 31.2 Å². The van der Waals surface area contributed by atoms with Crippen molar-refractivity contribution in [3.05, 3.63) is 70.7 Å². The van der Waals surface area contributed by atoms with Crippen molar-refractivity contribution in [3.8, 4) is 0 Å². The van der Waals surface area contributed by atoms with Crippen LogP contribution in [-0.4, -0.2) is 91.0 Å². The molecule has 2 heterocycles.